The number of anilines is 1. The second-order valence-corrected chi connectivity index (χ2v) is 3.50. The van der Waals surface area contributed by atoms with Crippen LogP contribution in [0.4, 0.5) is 19.0 Å². The first-order chi connectivity index (χ1) is 6.97. The molecule has 1 aromatic heterocycles. The smallest absolute Gasteiger partial charge is 0.356 e. The second kappa shape index (κ2) is 3.36. The van der Waals surface area contributed by atoms with Crippen LogP contribution in [0.25, 0.3) is 0 Å². The predicted octanol–water partition coefficient (Wildman–Crippen LogP) is 2.01. The highest BCUT2D eigenvalue weighted by atomic mass is 19.4. The molecule has 0 N–H and O–H groups in total. The number of nitrogens with zero attached hydrogens (tertiary/aromatic N) is 3. The highest BCUT2D eigenvalue weighted by molar-refractivity contribution is 5.42. The van der Waals surface area contributed by atoms with Crippen LogP contribution in [0.15, 0.2) is 6.07 Å². The van der Waals surface area contributed by atoms with Gasteiger partial charge in [0.1, 0.15) is 17.3 Å². The fraction of sp³-hybridized carbons (Fsp3) is 0.556. The van der Waals surface area contributed by atoms with E-state index in [2.05, 4.69) is 9.97 Å². The fourth-order valence-corrected chi connectivity index (χ4v) is 1.40. The van der Waals surface area contributed by atoms with Crippen LogP contribution in [-0.4, -0.2) is 23.1 Å². The van der Waals surface area contributed by atoms with E-state index in [4.69, 9.17) is 0 Å². The molecule has 15 heavy (non-hydrogen) atoms. The van der Waals surface area contributed by atoms with Crippen molar-refractivity contribution >= 4 is 5.82 Å². The molecule has 6 heteroatoms. The van der Waals surface area contributed by atoms with Gasteiger partial charge in [-0.3, -0.25) is 0 Å². The lowest BCUT2D eigenvalue weighted by molar-refractivity contribution is -0.141. The van der Waals surface area contributed by atoms with Gasteiger partial charge in [0.15, 0.2) is 0 Å². The summed E-state index contributed by atoms with van der Waals surface area (Å²) >= 11 is 0. The lowest BCUT2D eigenvalue weighted by Crippen LogP contribution is -2.38. The summed E-state index contributed by atoms with van der Waals surface area (Å²) in [6.45, 7) is 3.01. The summed E-state index contributed by atoms with van der Waals surface area (Å²) < 4.78 is 37.3. The molecule has 3 nitrogen and oxygen atoms in total. The van der Waals surface area contributed by atoms with Gasteiger partial charge in [0.2, 0.25) is 0 Å². The van der Waals surface area contributed by atoms with E-state index in [0.29, 0.717) is 5.82 Å². The predicted molar refractivity (Wildman–Crippen MR) is 48.6 cm³/mol. The minimum Gasteiger partial charge on any atom is -0.356 e. The maximum absolute atomic E-state index is 12.4. The molecule has 1 saturated heterocycles. The average Bonchev–Trinajstić information content (AvgIpc) is 1.97. The monoisotopic (exact) mass is 217 g/mol. The Hall–Kier alpha value is -1.33. The molecule has 2 heterocycles. The van der Waals surface area contributed by atoms with Crippen LogP contribution in [0.5, 0.6) is 0 Å². The Morgan fingerprint density at radius 2 is 1.93 bits per heavy atom. The molecule has 0 saturated carbocycles. The highest BCUT2D eigenvalue weighted by Gasteiger charge is 2.34. The molecule has 2 rings (SSSR count). The molecule has 0 bridgehead atoms. The fourth-order valence-electron chi connectivity index (χ4n) is 1.40. The van der Waals surface area contributed by atoms with Crippen LogP contribution < -0.4 is 4.90 Å². The van der Waals surface area contributed by atoms with E-state index >= 15 is 0 Å². The summed E-state index contributed by atoms with van der Waals surface area (Å²) in [6, 6.07) is 1.01. The van der Waals surface area contributed by atoms with Gasteiger partial charge in [-0.2, -0.15) is 13.2 Å². The Labute approximate surface area is 84.9 Å². The summed E-state index contributed by atoms with van der Waals surface area (Å²) in [4.78, 5) is 9.18. The molecule has 1 fully saturated rings. The quantitative estimate of drug-likeness (QED) is 0.720. The van der Waals surface area contributed by atoms with Crippen molar-refractivity contribution in [2.75, 3.05) is 18.0 Å². The summed E-state index contributed by atoms with van der Waals surface area (Å²) in [5, 5.41) is 0. The van der Waals surface area contributed by atoms with Gasteiger partial charge in [-0.1, -0.05) is 0 Å². The second-order valence-electron chi connectivity index (χ2n) is 3.50. The number of aryl methyl sites for hydroxylation is 1. The van der Waals surface area contributed by atoms with E-state index in [1.165, 1.54) is 6.92 Å². The third-order valence-corrected chi connectivity index (χ3v) is 2.29. The number of rotatable bonds is 1. The minimum atomic E-state index is -4.40. The largest absolute Gasteiger partial charge is 0.433 e. The van der Waals surface area contributed by atoms with Crippen molar-refractivity contribution in [2.45, 2.75) is 19.5 Å². The summed E-state index contributed by atoms with van der Waals surface area (Å²) in [6.07, 6.45) is -3.39. The summed E-state index contributed by atoms with van der Waals surface area (Å²) in [7, 11) is 0. The zero-order valence-electron chi connectivity index (χ0n) is 8.17. The van der Waals surface area contributed by atoms with Crippen molar-refractivity contribution in [1.29, 1.82) is 0 Å². The van der Waals surface area contributed by atoms with Crippen LogP contribution in [0.2, 0.25) is 0 Å². The van der Waals surface area contributed by atoms with Gasteiger partial charge in [0.25, 0.3) is 0 Å². The first kappa shape index (κ1) is 10.2. The summed E-state index contributed by atoms with van der Waals surface area (Å²) in [5.41, 5.74) is -0.864. The lowest BCUT2D eigenvalue weighted by atomic mass is 10.2. The van der Waals surface area contributed by atoms with E-state index in [1.807, 2.05) is 4.90 Å². The lowest BCUT2D eigenvalue weighted by Gasteiger charge is -2.32. The SMILES string of the molecule is Cc1nc(N2CCC2)cc(C(F)(F)F)n1. The number of halogens is 3. The minimum absolute atomic E-state index is 0.159. The van der Waals surface area contributed by atoms with Crippen molar-refractivity contribution in [3.8, 4) is 0 Å². The molecule has 0 aliphatic carbocycles. The number of hydrogen-bond acceptors (Lipinski definition) is 3. The number of aromatic nitrogens is 2. The van der Waals surface area contributed by atoms with Gasteiger partial charge < -0.3 is 4.90 Å². The molecular formula is C9H10F3N3. The Morgan fingerprint density at radius 3 is 2.40 bits per heavy atom. The Morgan fingerprint density at radius 1 is 1.27 bits per heavy atom. The third kappa shape index (κ3) is 2.03. The third-order valence-electron chi connectivity index (χ3n) is 2.29. The molecule has 82 valence electrons. The van der Waals surface area contributed by atoms with Crippen LogP contribution in [0.3, 0.4) is 0 Å². The Bertz CT molecular complexity index is 371. The van der Waals surface area contributed by atoms with Crippen molar-refractivity contribution in [2.24, 2.45) is 0 Å². The average molecular weight is 217 g/mol. The molecule has 0 unspecified atom stereocenters. The van der Waals surface area contributed by atoms with Crippen molar-refractivity contribution in [1.82, 2.24) is 9.97 Å². The van der Waals surface area contributed by atoms with Gasteiger partial charge in [-0.15, -0.1) is 0 Å². The summed E-state index contributed by atoms with van der Waals surface area (Å²) in [5.74, 6) is 0.535. The molecule has 0 atom stereocenters. The van der Waals surface area contributed by atoms with E-state index < -0.39 is 11.9 Å². The molecule has 1 aliphatic heterocycles. The van der Waals surface area contributed by atoms with Crippen LogP contribution >= 0.6 is 0 Å². The van der Waals surface area contributed by atoms with Gasteiger partial charge in [-0.05, 0) is 13.3 Å². The molecule has 0 radical (unpaired) electrons. The normalized spacial score (nSPS) is 16.4. The van der Waals surface area contributed by atoms with E-state index in [1.54, 1.807) is 0 Å². The standard InChI is InChI=1S/C9H10F3N3/c1-6-13-7(9(10,11)12)5-8(14-6)15-3-2-4-15/h5H,2-4H2,1H3. The molecule has 0 amide bonds. The molecular weight excluding hydrogens is 207 g/mol. The topological polar surface area (TPSA) is 29.0 Å². The Kier molecular flexibility index (Phi) is 2.28. The molecule has 1 aromatic rings. The van der Waals surface area contributed by atoms with E-state index in [-0.39, 0.29) is 5.82 Å². The maximum Gasteiger partial charge on any atom is 0.433 e. The van der Waals surface area contributed by atoms with Gasteiger partial charge in [-0.25, -0.2) is 9.97 Å². The van der Waals surface area contributed by atoms with Crippen molar-refractivity contribution in [3.05, 3.63) is 17.6 Å². The highest BCUT2D eigenvalue weighted by Crippen LogP contribution is 2.30. The zero-order chi connectivity index (χ0) is 11.1. The van der Waals surface area contributed by atoms with Gasteiger partial charge in [0, 0.05) is 19.2 Å². The first-order valence-electron chi connectivity index (χ1n) is 4.64. The molecule has 1 aliphatic rings. The van der Waals surface area contributed by atoms with Gasteiger partial charge in [0.05, 0.1) is 0 Å². The number of alkyl halides is 3. The zero-order valence-corrected chi connectivity index (χ0v) is 8.17. The van der Waals surface area contributed by atoms with Crippen molar-refractivity contribution in [3.63, 3.8) is 0 Å². The molecule has 0 spiro atoms. The van der Waals surface area contributed by atoms with Crippen LogP contribution in [-0.2, 0) is 6.18 Å². The van der Waals surface area contributed by atoms with E-state index in [0.717, 1.165) is 25.6 Å². The van der Waals surface area contributed by atoms with E-state index in [9.17, 15) is 13.2 Å². The first-order valence-corrected chi connectivity index (χ1v) is 4.64. The molecule has 0 aromatic carbocycles. The maximum atomic E-state index is 12.4. The number of hydrogen-bond donors (Lipinski definition) is 0. The van der Waals surface area contributed by atoms with Crippen LogP contribution in [0.1, 0.15) is 17.9 Å². The van der Waals surface area contributed by atoms with Gasteiger partial charge >= 0.3 is 6.18 Å². The Balaban J connectivity index is 2.36. The van der Waals surface area contributed by atoms with Crippen LogP contribution in [0, 0.1) is 6.92 Å². The van der Waals surface area contributed by atoms with Crippen molar-refractivity contribution < 1.29 is 13.2 Å².